The first kappa shape index (κ1) is 12.2. The first-order valence-corrected chi connectivity index (χ1v) is 7.01. The normalized spacial score (nSPS) is 51.6. The van der Waals surface area contributed by atoms with Crippen LogP contribution in [-0.4, -0.2) is 23.3 Å². The van der Waals surface area contributed by atoms with Gasteiger partial charge in [-0.1, -0.05) is 26.0 Å². The molecule has 0 aromatic heterocycles. The van der Waals surface area contributed by atoms with Crippen molar-refractivity contribution < 1.29 is 14.6 Å². The van der Waals surface area contributed by atoms with Crippen LogP contribution in [0.3, 0.4) is 0 Å². The zero-order valence-electron chi connectivity index (χ0n) is 11.2. The molecule has 3 unspecified atom stereocenters. The number of aliphatic hydroxyl groups excluding tert-OH is 1. The predicted octanol–water partition coefficient (Wildman–Crippen LogP) is 2.29. The molecule has 18 heavy (non-hydrogen) atoms. The van der Waals surface area contributed by atoms with Crippen LogP contribution in [0.15, 0.2) is 12.2 Å². The van der Waals surface area contributed by atoms with Gasteiger partial charge in [-0.15, -0.1) is 0 Å². The van der Waals surface area contributed by atoms with E-state index in [0.717, 1.165) is 25.7 Å². The van der Waals surface area contributed by atoms with Crippen LogP contribution in [0.1, 0.15) is 39.5 Å². The highest BCUT2D eigenvalue weighted by Crippen LogP contribution is 2.57. The molecule has 2 saturated carbocycles. The molecule has 0 aromatic rings. The molecular formula is C15H22O3. The fourth-order valence-electron chi connectivity index (χ4n) is 4.41. The highest BCUT2D eigenvalue weighted by Gasteiger charge is 2.58. The van der Waals surface area contributed by atoms with Gasteiger partial charge in [0.2, 0.25) is 0 Å². The quantitative estimate of drug-likeness (QED) is 0.530. The van der Waals surface area contributed by atoms with E-state index in [1.165, 1.54) is 5.57 Å². The van der Waals surface area contributed by atoms with E-state index in [-0.39, 0.29) is 35.4 Å². The highest BCUT2D eigenvalue weighted by molar-refractivity contribution is 5.75. The average molecular weight is 250 g/mol. The predicted molar refractivity (Wildman–Crippen MR) is 67.7 cm³/mol. The second-order valence-corrected chi connectivity index (χ2v) is 6.59. The molecule has 100 valence electrons. The molecule has 1 saturated heterocycles. The summed E-state index contributed by atoms with van der Waals surface area (Å²) in [6.07, 6.45) is 3.27. The van der Waals surface area contributed by atoms with Gasteiger partial charge in [0.15, 0.2) is 0 Å². The molecular weight excluding hydrogens is 228 g/mol. The molecule has 0 aromatic carbocycles. The van der Waals surface area contributed by atoms with E-state index in [4.69, 9.17) is 4.74 Å². The van der Waals surface area contributed by atoms with Crippen molar-refractivity contribution in [3.8, 4) is 0 Å². The number of aliphatic hydroxyl groups is 1. The smallest absolute Gasteiger partial charge is 0.309 e. The van der Waals surface area contributed by atoms with Gasteiger partial charge in [-0.2, -0.15) is 0 Å². The van der Waals surface area contributed by atoms with Crippen molar-refractivity contribution >= 4 is 5.97 Å². The number of carbonyl (C=O) groups excluding carboxylic acids is 1. The Morgan fingerprint density at radius 1 is 1.44 bits per heavy atom. The maximum Gasteiger partial charge on any atom is 0.309 e. The lowest BCUT2D eigenvalue weighted by molar-refractivity contribution is -0.152. The van der Waals surface area contributed by atoms with Crippen molar-refractivity contribution in [1.29, 1.82) is 0 Å². The third kappa shape index (κ3) is 1.43. The second kappa shape index (κ2) is 3.83. The maximum atomic E-state index is 11.8. The van der Waals surface area contributed by atoms with Crippen molar-refractivity contribution in [2.75, 3.05) is 0 Å². The van der Waals surface area contributed by atoms with Crippen molar-refractivity contribution in [3.63, 3.8) is 0 Å². The van der Waals surface area contributed by atoms with Gasteiger partial charge in [0.05, 0.1) is 12.0 Å². The van der Waals surface area contributed by atoms with Gasteiger partial charge in [-0.3, -0.25) is 4.79 Å². The first-order chi connectivity index (χ1) is 8.45. The Morgan fingerprint density at radius 2 is 2.17 bits per heavy atom. The Balaban J connectivity index is 1.98. The molecule has 2 aliphatic carbocycles. The minimum atomic E-state index is -0.288. The molecule has 1 N–H and O–H groups in total. The number of ether oxygens (including phenoxy) is 1. The summed E-state index contributed by atoms with van der Waals surface area (Å²) in [5, 5.41) is 10.4. The topological polar surface area (TPSA) is 46.5 Å². The lowest BCUT2D eigenvalue weighted by Gasteiger charge is -2.52. The number of hydrogen-bond acceptors (Lipinski definition) is 3. The van der Waals surface area contributed by atoms with Crippen molar-refractivity contribution in [3.05, 3.63) is 12.2 Å². The van der Waals surface area contributed by atoms with E-state index in [1.54, 1.807) is 0 Å². The Kier molecular flexibility index (Phi) is 2.60. The molecule has 0 amide bonds. The van der Waals surface area contributed by atoms with Crippen LogP contribution < -0.4 is 0 Å². The monoisotopic (exact) mass is 250 g/mol. The Morgan fingerprint density at radius 3 is 2.89 bits per heavy atom. The fraction of sp³-hybridized carbons (Fsp3) is 0.800. The van der Waals surface area contributed by atoms with Gasteiger partial charge < -0.3 is 9.84 Å². The van der Waals surface area contributed by atoms with Crippen molar-refractivity contribution in [2.45, 2.75) is 51.7 Å². The molecule has 3 aliphatic rings. The van der Waals surface area contributed by atoms with Gasteiger partial charge in [0, 0.05) is 17.3 Å². The van der Waals surface area contributed by atoms with Crippen molar-refractivity contribution in [2.24, 2.45) is 23.2 Å². The largest absolute Gasteiger partial charge is 0.461 e. The van der Waals surface area contributed by atoms with E-state index in [2.05, 4.69) is 13.5 Å². The van der Waals surface area contributed by atoms with E-state index in [9.17, 15) is 9.90 Å². The van der Waals surface area contributed by atoms with Crippen LogP contribution in [0.5, 0.6) is 0 Å². The van der Waals surface area contributed by atoms with Crippen LogP contribution in [0, 0.1) is 23.2 Å². The standard InChI is InChI=1S/C15H22O3/c1-8-4-5-11(16)15(3)7-6-10-9(2)14(17)18-13(10)12(8)15/h9-13,16H,1,4-7H2,2-3H3/t9-,10?,11+,12?,13?,15-/m0/s1. The minimum Gasteiger partial charge on any atom is -0.461 e. The van der Waals surface area contributed by atoms with E-state index in [1.807, 2.05) is 6.92 Å². The van der Waals surface area contributed by atoms with Gasteiger partial charge in [-0.05, 0) is 25.7 Å². The second-order valence-electron chi connectivity index (χ2n) is 6.59. The number of hydrogen-bond donors (Lipinski definition) is 1. The Labute approximate surface area is 108 Å². The molecule has 6 atom stereocenters. The summed E-state index contributed by atoms with van der Waals surface area (Å²) in [4.78, 5) is 11.8. The third-order valence-corrected chi connectivity index (χ3v) is 5.68. The lowest BCUT2D eigenvalue weighted by atomic mass is 9.54. The average Bonchev–Trinajstić information content (AvgIpc) is 2.60. The molecule has 0 radical (unpaired) electrons. The zero-order valence-corrected chi connectivity index (χ0v) is 11.2. The van der Waals surface area contributed by atoms with Gasteiger partial charge in [-0.25, -0.2) is 0 Å². The van der Waals surface area contributed by atoms with Crippen LogP contribution in [0.25, 0.3) is 0 Å². The summed E-state index contributed by atoms with van der Waals surface area (Å²) in [6.45, 7) is 8.29. The molecule has 1 aliphatic heterocycles. The molecule has 3 fully saturated rings. The van der Waals surface area contributed by atoms with Crippen LogP contribution in [0.2, 0.25) is 0 Å². The molecule has 3 nitrogen and oxygen atoms in total. The van der Waals surface area contributed by atoms with Crippen LogP contribution in [-0.2, 0) is 9.53 Å². The van der Waals surface area contributed by atoms with Gasteiger partial charge in [0.1, 0.15) is 6.10 Å². The lowest BCUT2D eigenvalue weighted by Crippen LogP contribution is -2.53. The Bertz CT molecular complexity index is 403. The molecule has 3 rings (SSSR count). The van der Waals surface area contributed by atoms with Crippen LogP contribution >= 0.6 is 0 Å². The van der Waals surface area contributed by atoms with Gasteiger partial charge >= 0.3 is 5.97 Å². The molecule has 0 bridgehead atoms. The molecule has 0 spiro atoms. The zero-order chi connectivity index (χ0) is 13.1. The maximum absolute atomic E-state index is 11.8. The SMILES string of the molecule is C=C1CC[C@@H](O)[C@]2(C)CCC3C(OC(=O)[C@H]3C)C12. The van der Waals surface area contributed by atoms with Crippen molar-refractivity contribution in [1.82, 2.24) is 0 Å². The number of esters is 1. The summed E-state index contributed by atoms with van der Waals surface area (Å²) in [5.41, 5.74) is 1.01. The number of carbonyl (C=O) groups is 1. The van der Waals surface area contributed by atoms with E-state index >= 15 is 0 Å². The summed E-state index contributed by atoms with van der Waals surface area (Å²) in [6, 6.07) is 0. The van der Waals surface area contributed by atoms with E-state index in [0.29, 0.717) is 5.92 Å². The molecule has 3 heteroatoms. The highest BCUT2D eigenvalue weighted by atomic mass is 16.6. The number of fused-ring (bicyclic) bond motifs is 3. The van der Waals surface area contributed by atoms with Crippen LogP contribution in [0.4, 0.5) is 0 Å². The summed E-state index contributed by atoms with van der Waals surface area (Å²) in [5.74, 6) is 0.403. The summed E-state index contributed by atoms with van der Waals surface area (Å²) < 4.78 is 5.62. The molecule has 1 heterocycles. The third-order valence-electron chi connectivity index (χ3n) is 5.68. The van der Waals surface area contributed by atoms with Gasteiger partial charge in [0.25, 0.3) is 0 Å². The minimum absolute atomic E-state index is 0.00594. The Hall–Kier alpha value is -0.830. The first-order valence-electron chi connectivity index (χ1n) is 7.01. The summed E-state index contributed by atoms with van der Waals surface area (Å²) >= 11 is 0. The van der Waals surface area contributed by atoms with E-state index < -0.39 is 0 Å². The fourth-order valence-corrected chi connectivity index (χ4v) is 4.41. The summed E-state index contributed by atoms with van der Waals surface area (Å²) in [7, 11) is 0. The number of rotatable bonds is 0.